The van der Waals surface area contributed by atoms with Crippen molar-refractivity contribution in [3.63, 3.8) is 0 Å². The molecule has 2 aromatic heterocycles. The van der Waals surface area contributed by atoms with Crippen molar-refractivity contribution in [2.45, 2.75) is 6.92 Å². The van der Waals surface area contributed by atoms with Crippen molar-refractivity contribution in [2.24, 2.45) is 0 Å². The molecule has 16 heavy (non-hydrogen) atoms. The van der Waals surface area contributed by atoms with E-state index in [2.05, 4.69) is 20.0 Å². The van der Waals surface area contributed by atoms with Crippen LogP contribution in [0.15, 0.2) is 29.1 Å². The maximum atomic E-state index is 11.6. The summed E-state index contributed by atoms with van der Waals surface area (Å²) in [6.45, 7) is 1.86. The minimum Gasteiger partial charge on any atom is -0.364 e. The minimum absolute atomic E-state index is 0.192. The summed E-state index contributed by atoms with van der Waals surface area (Å²) in [7, 11) is 0. The lowest BCUT2D eigenvalue weighted by Crippen LogP contribution is -2.12. The van der Waals surface area contributed by atoms with Crippen LogP contribution in [0.1, 0.15) is 16.1 Å². The molecule has 2 aromatic rings. The first-order chi connectivity index (χ1) is 7.66. The van der Waals surface area contributed by atoms with E-state index in [4.69, 9.17) is 11.6 Å². The van der Waals surface area contributed by atoms with Crippen LogP contribution in [0.25, 0.3) is 0 Å². The van der Waals surface area contributed by atoms with E-state index >= 15 is 0 Å². The quantitative estimate of drug-likeness (QED) is 0.814. The fraction of sp³-hybridized carbons (Fsp3) is 0.100. The number of aromatic nitrogens is 2. The molecule has 0 saturated carbocycles. The highest BCUT2D eigenvalue weighted by Gasteiger charge is 2.11. The summed E-state index contributed by atoms with van der Waals surface area (Å²) in [5, 5.41) is 6.35. The van der Waals surface area contributed by atoms with E-state index in [1.54, 1.807) is 12.3 Å². The second kappa shape index (κ2) is 4.32. The first-order valence-electron chi connectivity index (χ1n) is 4.50. The highest BCUT2D eigenvalue weighted by molar-refractivity contribution is 6.32. The highest BCUT2D eigenvalue weighted by atomic mass is 35.5. The number of rotatable bonds is 2. The Hall–Kier alpha value is -1.88. The number of nitrogens with one attached hydrogen (secondary N) is 1. The van der Waals surface area contributed by atoms with Crippen molar-refractivity contribution in [1.82, 2.24) is 10.1 Å². The zero-order valence-electron chi connectivity index (χ0n) is 8.40. The molecule has 6 heteroatoms. The number of halogens is 1. The van der Waals surface area contributed by atoms with Gasteiger partial charge in [-0.2, -0.15) is 0 Å². The van der Waals surface area contributed by atoms with Gasteiger partial charge in [-0.1, -0.05) is 16.8 Å². The zero-order chi connectivity index (χ0) is 11.5. The predicted molar refractivity (Wildman–Crippen MR) is 58.4 cm³/mol. The maximum absolute atomic E-state index is 11.6. The number of nitrogens with zero attached hydrogens (tertiary/aromatic N) is 2. The number of pyridine rings is 1. The largest absolute Gasteiger partial charge is 0.364 e. The van der Waals surface area contributed by atoms with Gasteiger partial charge in [-0.25, -0.2) is 4.98 Å². The number of carbonyl (C=O) groups is 1. The molecule has 0 radical (unpaired) electrons. The van der Waals surface area contributed by atoms with E-state index in [0.29, 0.717) is 5.69 Å². The highest BCUT2D eigenvalue weighted by Crippen LogP contribution is 2.20. The smallest absolute Gasteiger partial charge is 0.277 e. The number of anilines is 1. The lowest BCUT2D eigenvalue weighted by Gasteiger charge is -2.05. The molecule has 2 heterocycles. The van der Waals surface area contributed by atoms with Crippen molar-refractivity contribution in [3.05, 3.63) is 41.0 Å². The van der Waals surface area contributed by atoms with E-state index in [1.807, 2.05) is 6.92 Å². The Balaban J connectivity index is 2.21. The predicted octanol–water partition coefficient (Wildman–Crippen LogP) is 2.28. The van der Waals surface area contributed by atoms with Gasteiger partial charge < -0.3 is 9.84 Å². The van der Waals surface area contributed by atoms with Crippen LogP contribution in [0, 0.1) is 6.92 Å². The zero-order valence-corrected chi connectivity index (χ0v) is 9.15. The van der Waals surface area contributed by atoms with Crippen LogP contribution in [0.3, 0.4) is 0 Å². The maximum Gasteiger partial charge on any atom is 0.277 e. The summed E-state index contributed by atoms with van der Waals surface area (Å²) < 4.78 is 4.57. The number of hydrogen-bond donors (Lipinski definition) is 1. The van der Waals surface area contributed by atoms with Gasteiger partial charge in [0.2, 0.25) is 0 Å². The van der Waals surface area contributed by atoms with Crippen LogP contribution in [0.2, 0.25) is 5.15 Å². The fourth-order valence-electron chi connectivity index (χ4n) is 1.16. The third-order valence-electron chi connectivity index (χ3n) is 1.89. The molecular weight excluding hydrogens is 230 g/mol. The number of aryl methyl sites for hydroxylation is 1. The van der Waals surface area contributed by atoms with Crippen molar-refractivity contribution in [3.8, 4) is 0 Å². The summed E-state index contributed by atoms with van der Waals surface area (Å²) >= 11 is 5.83. The van der Waals surface area contributed by atoms with Gasteiger partial charge >= 0.3 is 0 Å². The van der Waals surface area contributed by atoms with Crippen molar-refractivity contribution in [1.29, 1.82) is 0 Å². The third-order valence-corrected chi connectivity index (χ3v) is 2.20. The Morgan fingerprint density at radius 3 is 3.06 bits per heavy atom. The SMILES string of the molecule is Cc1cnc(Cl)c(NC(=O)c2ccon2)c1. The van der Waals surface area contributed by atoms with Crippen LogP contribution in [-0.2, 0) is 0 Å². The summed E-state index contributed by atoms with van der Waals surface area (Å²) in [4.78, 5) is 15.5. The second-order valence-electron chi connectivity index (χ2n) is 3.19. The summed E-state index contributed by atoms with van der Waals surface area (Å²) in [6.07, 6.45) is 2.94. The molecule has 0 aliphatic carbocycles. The van der Waals surface area contributed by atoms with Gasteiger partial charge in [0.25, 0.3) is 5.91 Å². The van der Waals surface area contributed by atoms with Gasteiger partial charge in [-0.15, -0.1) is 0 Å². The number of carbonyl (C=O) groups excluding carboxylic acids is 1. The molecule has 0 aliphatic rings. The summed E-state index contributed by atoms with van der Waals surface area (Å²) in [5.74, 6) is -0.386. The molecule has 82 valence electrons. The summed E-state index contributed by atoms with van der Waals surface area (Å²) in [5.41, 5.74) is 1.55. The third kappa shape index (κ3) is 2.20. The lowest BCUT2D eigenvalue weighted by atomic mass is 10.3. The van der Waals surface area contributed by atoms with E-state index in [-0.39, 0.29) is 16.8 Å². The van der Waals surface area contributed by atoms with Crippen LogP contribution in [-0.4, -0.2) is 16.0 Å². The fourth-order valence-corrected chi connectivity index (χ4v) is 1.31. The summed E-state index contributed by atoms with van der Waals surface area (Å²) in [6, 6.07) is 3.19. The normalized spacial score (nSPS) is 10.1. The molecule has 0 fully saturated rings. The van der Waals surface area contributed by atoms with E-state index in [0.717, 1.165) is 5.56 Å². The second-order valence-corrected chi connectivity index (χ2v) is 3.55. The van der Waals surface area contributed by atoms with E-state index < -0.39 is 0 Å². The Labute approximate surface area is 96.4 Å². The molecule has 0 spiro atoms. The Morgan fingerprint density at radius 1 is 1.56 bits per heavy atom. The molecule has 0 bridgehead atoms. The van der Waals surface area contributed by atoms with Gasteiger partial charge in [-0.05, 0) is 18.6 Å². The molecular formula is C10H8ClN3O2. The minimum atomic E-state index is -0.386. The molecule has 0 saturated heterocycles. The molecule has 0 unspecified atom stereocenters. The Bertz CT molecular complexity index is 511. The van der Waals surface area contributed by atoms with Crippen molar-refractivity contribution < 1.29 is 9.32 Å². The van der Waals surface area contributed by atoms with Crippen LogP contribution >= 0.6 is 11.6 Å². The average molecular weight is 238 g/mol. The standard InChI is InChI=1S/C10H8ClN3O2/c1-6-4-8(9(11)12-5-6)13-10(15)7-2-3-16-14-7/h2-5H,1H3,(H,13,15). The lowest BCUT2D eigenvalue weighted by molar-refractivity contribution is 0.101. The molecule has 1 amide bonds. The Morgan fingerprint density at radius 2 is 2.38 bits per heavy atom. The van der Waals surface area contributed by atoms with Gasteiger partial charge in [0.1, 0.15) is 6.26 Å². The monoisotopic (exact) mass is 237 g/mol. The number of amides is 1. The molecule has 0 aliphatic heterocycles. The first-order valence-corrected chi connectivity index (χ1v) is 4.88. The molecule has 2 rings (SSSR count). The topological polar surface area (TPSA) is 68.0 Å². The van der Waals surface area contributed by atoms with E-state index in [9.17, 15) is 4.79 Å². The number of hydrogen-bond acceptors (Lipinski definition) is 4. The first kappa shape index (κ1) is 10.6. The van der Waals surface area contributed by atoms with Gasteiger partial charge in [0.05, 0.1) is 5.69 Å². The molecule has 1 N–H and O–H groups in total. The molecule has 0 atom stereocenters. The van der Waals surface area contributed by atoms with Crippen molar-refractivity contribution >= 4 is 23.2 Å². The van der Waals surface area contributed by atoms with Crippen LogP contribution in [0.4, 0.5) is 5.69 Å². The average Bonchev–Trinajstić information content (AvgIpc) is 2.76. The van der Waals surface area contributed by atoms with Crippen LogP contribution < -0.4 is 5.32 Å². The Kier molecular flexibility index (Phi) is 2.87. The van der Waals surface area contributed by atoms with E-state index in [1.165, 1.54) is 12.3 Å². The van der Waals surface area contributed by atoms with Gasteiger partial charge in [0, 0.05) is 12.3 Å². The van der Waals surface area contributed by atoms with Crippen molar-refractivity contribution in [2.75, 3.05) is 5.32 Å². The molecule has 5 nitrogen and oxygen atoms in total. The van der Waals surface area contributed by atoms with Gasteiger partial charge in [-0.3, -0.25) is 4.79 Å². The molecule has 0 aromatic carbocycles. The van der Waals surface area contributed by atoms with Gasteiger partial charge in [0.15, 0.2) is 10.8 Å². The van der Waals surface area contributed by atoms with Crippen LogP contribution in [0.5, 0.6) is 0 Å².